The van der Waals surface area contributed by atoms with Crippen molar-refractivity contribution in [2.24, 2.45) is 11.8 Å². The Labute approximate surface area is 99.9 Å². The zero-order chi connectivity index (χ0) is 12.8. The molecule has 0 radical (unpaired) electrons. The van der Waals surface area contributed by atoms with Crippen molar-refractivity contribution in [2.75, 3.05) is 13.1 Å². The summed E-state index contributed by atoms with van der Waals surface area (Å²) in [7, 11) is -2.90. The van der Waals surface area contributed by atoms with E-state index < -0.39 is 21.7 Å². The highest BCUT2D eigenvalue weighted by Gasteiger charge is 2.51. The quantitative estimate of drug-likeness (QED) is 0.438. The maximum absolute atomic E-state index is 12.1. The van der Waals surface area contributed by atoms with E-state index in [0.29, 0.717) is 12.8 Å². The van der Waals surface area contributed by atoms with Crippen LogP contribution in [0.5, 0.6) is 0 Å². The number of halogens is 3. The molecule has 3 atom stereocenters. The third-order valence-corrected chi connectivity index (χ3v) is 4.80. The van der Waals surface area contributed by atoms with Crippen molar-refractivity contribution in [2.45, 2.75) is 24.5 Å². The van der Waals surface area contributed by atoms with Gasteiger partial charge in [0.15, 0.2) is 0 Å². The zero-order valence-corrected chi connectivity index (χ0v) is 10.8. The first kappa shape index (κ1) is 13.5. The van der Waals surface area contributed by atoms with Gasteiger partial charge in [0.25, 0.3) is 0 Å². The Kier molecular flexibility index (Phi) is 3.44. The summed E-state index contributed by atoms with van der Waals surface area (Å²) in [5.41, 5.74) is -5.32. The lowest BCUT2D eigenvalue weighted by molar-refractivity contribution is -0.0573. The average molecular weight is 291 g/mol. The average Bonchev–Trinajstić information content (AvgIpc) is 2.57. The maximum atomic E-state index is 12.1. The normalized spacial score (nSPS) is 35.2. The molecule has 9 heteroatoms. The van der Waals surface area contributed by atoms with Crippen LogP contribution in [0.1, 0.15) is 12.8 Å². The lowest BCUT2D eigenvalue weighted by Crippen LogP contribution is -2.29. The van der Waals surface area contributed by atoms with Crippen LogP contribution in [-0.2, 0) is 14.3 Å². The van der Waals surface area contributed by atoms with E-state index in [4.69, 9.17) is 0 Å². The van der Waals surface area contributed by atoms with Gasteiger partial charge in [-0.1, -0.05) is 9.39 Å². The lowest BCUT2D eigenvalue weighted by Gasteiger charge is -2.16. The van der Waals surface area contributed by atoms with E-state index in [0.717, 1.165) is 13.1 Å². The van der Waals surface area contributed by atoms with E-state index >= 15 is 0 Å². The second-order valence-corrected chi connectivity index (χ2v) is 6.86. The first-order valence-electron chi connectivity index (χ1n) is 5.18. The van der Waals surface area contributed by atoms with Crippen molar-refractivity contribution >= 4 is 19.5 Å². The van der Waals surface area contributed by atoms with Crippen LogP contribution in [-0.4, -0.2) is 37.8 Å². The van der Waals surface area contributed by atoms with E-state index in [1.165, 1.54) is 0 Å². The molecular formula is C8H13F3NO3PS. The van der Waals surface area contributed by atoms with Crippen LogP contribution in [0.15, 0.2) is 0 Å². The van der Waals surface area contributed by atoms with Crippen molar-refractivity contribution in [3.05, 3.63) is 0 Å². The highest BCUT2D eigenvalue weighted by molar-refractivity contribution is 7.87. The van der Waals surface area contributed by atoms with E-state index in [-0.39, 0.29) is 11.8 Å². The van der Waals surface area contributed by atoms with E-state index in [9.17, 15) is 21.6 Å². The second-order valence-electron chi connectivity index (χ2n) is 4.56. The van der Waals surface area contributed by atoms with Gasteiger partial charge in [0.1, 0.15) is 0 Å². The van der Waals surface area contributed by atoms with E-state index in [1.807, 2.05) is 4.67 Å². The van der Waals surface area contributed by atoms with Crippen molar-refractivity contribution < 1.29 is 25.8 Å². The third-order valence-electron chi connectivity index (χ3n) is 3.28. The third kappa shape index (κ3) is 2.75. The minimum absolute atomic E-state index is 0.237. The summed E-state index contributed by atoms with van der Waals surface area (Å²) in [4.78, 5) is 0. The van der Waals surface area contributed by atoms with Gasteiger partial charge in [0.05, 0.1) is 6.10 Å². The highest BCUT2D eigenvalue weighted by atomic mass is 32.2. The second kappa shape index (κ2) is 4.33. The molecule has 3 unspecified atom stereocenters. The molecule has 0 N–H and O–H groups in total. The van der Waals surface area contributed by atoms with Gasteiger partial charge in [-0.15, -0.1) is 0 Å². The maximum Gasteiger partial charge on any atom is 0.523 e. The van der Waals surface area contributed by atoms with Gasteiger partial charge in [-0.25, -0.2) is 0 Å². The molecular weight excluding hydrogens is 278 g/mol. The predicted octanol–water partition coefficient (Wildman–Crippen LogP) is 1.35. The molecule has 1 saturated heterocycles. The number of fused-ring (bicyclic) bond motifs is 1. The topological polar surface area (TPSA) is 46.6 Å². The number of alkyl halides is 3. The van der Waals surface area contributed by atoms with Gasteiger partial charge < -0.3 is 0 Å². The van der Waals surface area contributed by atoms with Gasteiger partial charge in [0.2, 0.25) is 0 Å². The summed E-state index contributed by atoms with van der Waals surface area (Å²) in [5.74, 6) is 0.474. The number of hydrogen-bond donors (Lipinski definition) is 0. The molecule has 2 fully saturated rings. The fourth-order valence-corrected chi connectivity index (χ4v) is 3.76. The summed E-state index contributed by atoms with van der Waals surface area (Å²) in [6, 6.07) is 0. The molecule has 100 valence electrons. The highest BCUT2D eigenvalue weighted by Crippen LogP contribution is 2.42. The van der Waals surface area contributed by atoms with Gasteiger partial charge in [-0.2, -0.15) is 21.6 Å². The van der Waals surface area contributed by atoms with Crippen molar-refractivity contribution in [1.29, 1.82) is 0 Å². The molecule has 2 aliphatic rings. The SMILES string of the molecule is O=S(=O)(OC1CC2CN(P)CC2C1)C(F)(F)F. The van der Waals surface area contributed by atoms with Crippen molar-refractivity contribution in [3.8, 4) is 0 Å². The molecule has 0 spiro atoms. The van der Waals surface area contributed by atoms with Gasteiger partial charge in [-0.05, 0) is 24.7 Å². The summed E-state index contributed by atoms with van der Waals surface area (Å²) in [6.07, 6.45) is -0.0641. The molecule has 2 rings (SSSR count). The van der Waals surface area contributed by atoms with Crippen LogP contribution in [0.4, 0.5) is 13.2 Å². The Morgan fingerprint density at radius 3 is 2.06 bits per heavy atom. The predicted molar refractivity (Wildman–Crippen MR) is 57.3 cm³/mol. The molecule has 1 aliphatic heterocycles. The summed E-state index contributed by atoms with van der Waals surface area (Å²) in [6.45, 7) is 1.53. The Balaban J connectivity index is 1.96. The number of rotatable bonds is 2. The van der Waals surface area contributed by atoms with Crippen LogP contribution in [0, 0.1) is 11.8 Å². The summed E-state index contributed by atoms with van der Waals surface area (Å²) in [5, 5.41) is 0. The molecule has 1 aliphatic carbocycles. The lowest BCUT2D eigenvalue weighted by atomic mass is 10.0. The van der Waals surface area contributed by atoms with E-state index in [1.54, 1.807) is 0 Å². The minimum Gasteiger partial charge on any atom is -0.287 e. The molecule has 0 amide bonds. The van der Waals surface area contributed by atoms with Gasteiger partial charge in [0, 0.05) is 13.1 Å². The standard InChI is InChI=1S/C8H13F3NO3PS/c9-8(10,11)17(13,14)15-7-1-5-3-12(16)4-6(5)2-7/h5-7H,1-4,16H2. The number of hydrogen-bond acceptors (Lipinski definition) is 4. The molecule has 17 heavy (non-hydrogen) atoms. The molecule has 0 bridgehead atoms. The smallest absolute Gasteiger partial charge is 0.287 e. The zero-order valence-electron chi connectivity index (χ0n) is 8.85. The minimum atomic E-state index is -5.44. The summed E-state index contributed by atoms with van der Waals surface area (Å²) < 4.78 is 64.3. The van der Waals surface area contributed by atoms with Crippen LogP contribution >= 0.6 is 9.39 Å². The Hall–Kier alpha value is 0.0900. The molecule has 0 aromatic carbocycles. The molecule has 4 nitrogen and oxygen atoms in total. The van der Waals surface area contributed by atoms with Crippen molar-refractivity contribution in [1.82, 2.24) is 4.67 Å². The molecule has 1 heterocycles. The Bertz CT molecular complexity index is 385. The Morgan fingerprint density at radius 1 is 1.18 bits per heavy atom. The van der Waals surface area contributed by atoms with Crippen LogP contribution < -0.4 is 0 Å². The molecule has 1 saturated carbocycles. The van der Waals surface area contributed by atoms with Crippen LogP contribution in [0.25, 0.3) is 0 Å². The fourth-order valence-electron chi connectivity index (χ4n) is 2.59. The van der Waals surface area contributed by atoms with Crippen LogP contribution in [0.3, 0.4) is 0 Å². The van der Waals surface area contributed by atoms with Crippen molar-refractivity contribution in [3.63, 3.8) is 0 Å². The number of nitrogens with zero attached hydrogens (tertiary/aromatic N) is 1. The summed E-state index contributed by atoms with van der Waals surface area (Å²) >= 11 is 0. The fraction of sp³-hybridized carbons (Fsp3) is 1.00. The van der Waals surface area contributed by atoms with Crippen LogP contribution in [0.2, 0.25) is 0 Å². The molecule has 0 aromatic heterocycles. The first-order chi connectivity index (χ1) is 7.69. The molecule has 0 aromatic rings. The largest absolute Gasteiger partial charge is 0.523 e. The van der Waals surface area contributed by atoms with Gasteiger partial charge >= 0.3 is 15.6 Å². The monoisotopic (exact) mass is 291 g/mol. The van der Waals surface area contributed by atoms with Gasteiger partial charge in [-0.3, -0.25) is 8.85 Å². The Morgan fingerprint density at radius 2 is 1.65 bits per heavy atom. The first-order valence-corrected chi connectivity index (χ1v) is 7.10. The van der Waals surface area contributed by atoms with E-state index in [2.05, 4.69) is 13.6 Å².